The van der Waals surface area contributed by atoms with Gasteiger partial charge in [-0.1, -0.05) is 0 Å². The third kappa shape index (κ3) is 4.64. The van der Waals surface area contributed by atoms with E-state index < -0.39 is 28.7 Å². The predicted molar refractivity (Wildman–Crippen MR) is 103 cm³/mol. The van der Waals surface area contributed by atoms with E-state index in [4.69, 9.17) is 14.2 Å². The van der Waals surface area contributed by atoms with Gasteiger partial charge in [-0.05, 0) is 0 Å². The molecule has 0 aliphatic carbocycles. The molecule has 0 spiro atoms. The zero-order valence-corrected chi connectivity index (χ0v) is 16.6. The molecule has 0 atom stereocenters. The molecule has 0 bridgehead atoms. The van der Waals surface area contributed by atoms with Crippen LogP contribution in [0.2, 0.25) is 0 Å². The van der Waals surface area contributed by atoms with E-state index in [2.05, 4.69) is 10.4 Å². The summed E-state index contributed by atoms with van der Waals surface area (Å²) in [5.41, 5.74) is -1.24. The van der Waals surface area contributed by atoms with Gasteiger partial charge in [0.25, 0.3) is 5.91 Å². The lowest BCUT2D eigenvalue weighted by atomic mass is 10.2. The Morgan fingerprint density at radius 3 is 2.50 bits per heavy atom. The second-order valence-electron chi connectivity index (χ2n) is 6.50. The molecule has 11 heteroatoms. The number of aromatic nitrogens is 2. The van der Waals surface area contributed by atoms with E-state index in [1.807, 2.05) is 0 Å². The van der Waals surface area contributed by atoms with Crippen molar-refractivity contribution in [2.75, 3.05) is 52.2 Å². The van der Waals surface area contributed by atoms with Gasteiger partial charge in [0, 0.05) is 51.2 Å². The fourth-order valence-corrected chi connectivity index (χ4v) is 3.04. The van der Waals surface area contributed by atoms with Gasteiger partial charge >= 0.3 is 0 Å². The quantitative estimate of drug-likeness (QED) is 0.658. The summed E-state index contributed by atoms with van der Waals surface area (Å²) in [5, 5.41) is 6.27. The van der Waals surface area contributed by atoms with E-state index in [1.54, 1.807) is 4.90 Å². The monoisotopic (exact) mass is 424 g/mol. The number of ether oxygens (including phenoxy) is 3. The maximum Gasteiger partial charge on any atom is 0.277 e. The molecule has 1 amide bonds. The van der Waals surface area contributed by atoms with Gasteiger partial charge in [-0.3, -0.25) is 9.59 Å². The van der Waals surface area contributed by atoms with Crippen molar-refractivity contribution in [1.82, 2.24) is 15.1 Å². The van der Waals surface area contributed by atoms with Gasteiger partial charge in [0.2, 0.25) is 5.43 Å². The highest BCUT2D eigenvalue weighted by Crippen LogP contribution is 2.26. The molecular formula is C19H22F2N4O5. The molecule has 0 radical (unpaired) electrons. The molecule has 3 rings (SSSR count). The Kier molecular flexibility index (Phi) is 7.08. The summed E-state index contributed by atoms with van der Waals surface area (Å²) in [5.74, 6) is -2.23. The first-order chi connectivity index (χ1) is 14.5. The van der Waals surface area contributed by atoms with Crippen molar-refractivity contribution in [3.63, 3.8) is 0 Å². The SMILES string of the molecule is COCNC(=O)c1nn(-c2cc(F)c(N3CCOCC3)cc2F)cc(COC)c1=O. The van der Waals surface area contributed by atoms with Crippen LogP contribution in [-0.4, -0.2) is 62.9 Å². The zero-order chi connectivity index (χ0) is 21.7. The van der Waals surface area contributed by atoms with E-state index in [9.17, 15) is 18.4 Å². The Balaban J connectivity index is 2.05. The molecule has 0 unspecified atom stereocenters. The molecule has 2 heterocycles. The number of rotatable bonds is 7. The second-order valence-corrected chi connectivity index (χ2v) is 6.50. The predicted octanol–water partition coefficient (Wildman–Crippen LogP) is 0.827. The molecule has 9 nitrogen and oxygen atoms in total. The summed E-state index contributed by atoms with van der Waals surface area (Å²) in [7, 11) is 2.73. The summed E-state index contributed by atoms with van der Waals surface area (Å²) in [4.78, 5) is 26.5. The number of hydrogen-bond donors (Lipinski definition) is 1. The van der Waals surface area contributed by atoms with Gasteiger partial charge < -0.3 is 24.4 Å². The first kappa shape index (κ1) is 21.8. The van der Waals surface area contributed by atoms with Crippen LogP contribution in [0.5, 0.6) is 0 Å². The molecule has 1 aliphatic rings. The molecule has 1 aromatic heterocycles. The minimum Gasteiger partial charge on any atom is -0.380 e. The van der Waals surface area contributed by atoms with E-state index >= 15 is 0 Å². The van der Waals surface area contributed by atoms with Crippen molar-refractivity contribution in [3.8, 4) is 5.69 Å². The van der Waals surface area contributed by atoms with Crippen molar-refractivity contribution in [2.45, 2.75) is 6.61 Å². The minimum absolute atomic E-state index is 0.0622. The van der Waals surface area contributed by atoms with Crippen molar-refractivity contribution < 1.29 is 27.8 Å². The molecule has 1 aromatic carbocycles. The number of morpholine rings is 1. The molecule has 0 saturated carbocycles. The van der Waals surface area contributed by atoms with Crippen LogP contribution in [0, 0.1) is 11.6 Å². The van der Waals surface area contributed by atoms with Crippen LogP contribution in [0.4, 0.5) is 14.5 Å². The minimum atomic E-state index is -0.806. The van der Waals surface area contributed by atoms with E-state index in [0.29, 0.717) is 26.3 Å². The molecule has 162 valence electrons. The maximum atomic E-state index is 14.9. The summed E-state index contributed by atoms with van der Waals surface area (Å²) in [6, 6.07) is 2.04. The number of methoxy groups -OCH3 is 2. The number of nitrogens with zero attached hydrogens (tertiary/aromatic N) is 3. The van der Waals surface area contributed by atoms with Crippen LogP contribution in [0.25, 0.3) is 5.69 Å². The van der Waals surface area contributed by atoms with E-state index in [0.717, 1.165) is 16.8 Å². The van der Waals surface area contributed by atoms with Crippen LogP contribution in [-0.2, 0) is 20.8 Å². The Bertz CT molecular complexity index is 976. The highest BCUT2D eigenvalue weighted by molar-refractivity contribution is 5.92. The maximum absolute atomic E-state index is 14.9. The van der Waals surface area contributed by atoms with Crippen molar-refractivity contribution in [2.24, 2.45) is 0 Å². The van der Waals surface area contributed by atoms with E-state index in [-0.39, 0.29) is 30.3 Å². The molecule has 30 heavy (non-hydrogen) atoms. The fourth-order valence-electron chi connectivity index (χ4n) is 3.04. The van der Waals surface area contributed by atoms with Crippen LogP contribution in [0.1, 0.15) is 16.1 Å². The van der Waals surface area contributed by atoms with Crippen LogP contribution < -0.4 is 15.6 Å². The van der Waals surface area contributed by atoms with Gasteiger partial charge in [-0.15, -0.1) is 0 Å². The van der Waals surface area contributed by atoms with Crippen molar-refractivity contribution >= 4 is 11.6 Å². The van der Waals surface area contributed by atoms with Crippen molar-refractivity contribution in [1.29, 1.82) is 0 Å². The number of carbonyl (C=O) groups is 1. The lowest BCUT2D eigenvalue weighted by Gasteiger charge is -2.29. The smallest absolute Gasteiger partial charge is 0.277 e. The van der Waals surface area contributed by atoms with Gasteiger partial charge in [0.05, 0.1) is 25.5 Å². The molecular weight excluding hydrogens is 402 g/mol. The summed E-state index contributed by atoms with van der Waals surface area (Å²) < 4.78 is 45.6. The van der Waals surface area contributed by atoms with E-state index in [1.165, 1.54) is 20.4 Å². The van der Waals surface area contributed by atoms with Crippen LogP contribution in [0.3, 0.4) is 0 Å². The first-order valence-corrected chi connectivity index (χ1v) is 9.17. The third-order valence-electron chi connectivity index (χ3n) is 4.50. The molecule has 1 fully saturated rings. The topological polar surface area (TPSA) is 94.9 Å². The average Bonchev–Trinajstić information content (AvgIpc) is 2.75. The van der Waals surface area contributed by atoms with Crippen LogP contribution >= 0.6 is 0 Å². The number of carbonyl (C=O) groups excluding carboxylic acids is 1. The fraction of sp³-hybridized carbons (Fsp3) is 0.421. The number of benzene rings is 1. The zero-order valence-electron chi connectivity index (χ0n) is 16.6. The Morgan fingerprint density at radius 1 is 1.17 bits per heavy atom. The average molecular weight is 424 g/mol. The second kappa shape index (κ2) is 9.74. The van der Waals surface area contributed by atoms with Gasteiger partial charge in [0.1, 0.15) is 18.2 Å². The third-order valence-corrected chi connectivity index (χ3v) is 4.50. The number of hydrogen-bond acceptors (Lipinski definition) is 7. The Hall–Kier alpha value is -2.89. The molecule has 2 aromatic rings. The summed E-state index contributed by atoms with van der Waals surface area (Å²) in [6.07, 6.45) is 1.21. The molecule has 1 aliphatic heterocycles. The lowest BCUT2D eigenvalue weighted by molar-refractivity contribution is 0.0863. The largest absolute Gasteiger partial charge is 0.380 e. The standard InChI is InChI=1S/C19H22F2N4O5/c1-28-10-12-9-25(23-17(18(12)26)19(27)22-11-29-2)16-8-13(20)15(7-14(16)21)24-3-5-30-6-4-24/h7-9H,3-6,10-11H2,1-2H3,(H,22,27). The highest BCUT2D eigenvalue weighted by atomic mass is 19.1. The normalized spacial score (nSPS) is 14.1. The Labute approximate surface area is 171 Å². The van der Waals surface area contributed by atoms with Crippen LogP contribution in [0.15, 0.2) is 23.1 Å². The van der Waals surface area contributed by atoms with Gasteiger partial charge in [-0.25, -0.2) is 13.5 Å². The highest BCUT2D eigenvalue weighted by Gasteiger charge is 2.22. The summed E-state index contributed by atoms with van der Waals surface area (Å²) in [6.45, 7) is 1.43. The van der Waals surface area contributed by atoms with Gasteiger partial charge in [-0.2, -0.15) is 5.10 Å². The molecule has 1 saturated heterocycles. The van der Waals surface area contributed by atoms with Gasteiger partial charge in [0.15, 0.2) is 11.5 Å². The first-order valence-electron chi connectivity index (χ1n) is 9.17. The number of anilines is 1. The number of halogens is 2. The lowest BCUT2D eigenvalue weighted by Crippen LogP contribution is -2.37. The molecule has 1 N–H and O–H groups in total. The number of nitrogens with one attached hydrogen (secondary N) is 1. The summed E-state index contributed by atoms with van der Waals surface area (Å²) >= 11 is 0. The number of amides is 1. The Morgan fingerprint density at radius 2 is 1.83 bits per heavy atom. The van der Waals surface area contributed by atoms with Crippen molar-refractivity contribution in [3.05, 3.63) is 51.4 Å².